The highest BCUT2D eigenvalue weighted by Gasteiger charge is 2.22. The van der Waals surface area contributed by atoms with Gasteiger partial charge in [0, 0.05) is 24.6 Å². The van der Waals surface area contributed by atoms with Gasteiger partial charge in [-0.3, -0.25) is 0 Å². The summed E-state index contributed by atoms with van der Waals surface area (Å²) in [6.07, 6.45) is 2.43. The lowest BCUT2D eigenvalue weighted by atomic mass is 9.95. The lowest BCUT2D eigenvalue weighted by Gasteiger charge is -2.20. The molecule has 8 nitrogen and oxygen atoms in total. The molecule has 0 saturated carbocycles. The van der Waals surface area contributed by atoms with Crippen LogP contribution in [0.3, 0.4) is 0 Å². The highest BCUT2D eigenvalue weighted by atomic mass is 32.2. The summed E-state index contributed by atoms with van der Waals surface area (Å²) in [5, 5.41) is 28.1. The number of halogens is 1. The summed E-state index contributed by atoms with van der Waals surface area (Å²) in [5.41, 5.74) is 2.32. The zero-order valence-electron chi connectivity index (χ0n) is 19.5. The molecule has 0 aliphatic carbocycles. The number of aliphatic hydroxyl groups excluding tert-OH is 2. The number of benzene rings is 1. The first kappa shape index (κ1) is 26.8. The predicted molar refractivity (Wildman–Crippen MR) is 126 cm³/mol. The van der Waals surface area contributed by atoms with E-state index in [0.717, 1.165) is 10.6 Å². The SMILES string of the molecule is CC(C)c1nc(N(C)S(C)(=O)=O)nc(-c2ccc(F)cc2)c1/C=C/[C@@H](C)C[C@@H](O)CC(O)O. The van der Waals surface area contributed by atoms with Crippen LogP contribution >= 0.6 is 0 Å². The third-order valence-corrected chi connectivity index (χ3v) is 6.28. The van der Waals surface area contributed by atoms with E-state index in [1.165, 1.54) is 19.2 Å². The van der Waals surface area contributed by atoms with Crippen LogP contribution in [0.5, 0.6) is 0 Å². The van der Waals surface area contributed by atoms with Crippen LogP contribution < -0.4 is 4.31 Å². The highest BCUT2D eigenvalue weighted by Crippen LogP contribution is 2.32. The lowest BCUT2D eigenvalue weighted by molar-refractivity contribution is -0.0717. The van der Waals surface area contributed by atoms with Crippen LogP contribution in [0.15, 0.2) is 30.3 Å². The van der Waals surface area contributed by atoms with Gasteiger partial charge in [-0.05, 0) is 42.5 Å². The fourth-order valence-electron chi connectivity index (χ4n) is 3.30. The number of nitrogens with zero attached hydrogens (tertiary/aromatic N) is 3. The smallest absolute Gasteiger partial charge is 0.239 e. The van der Waals surface area contributed by atoms with Crippen LogP contribution in [0, 0.1) is 11.7 Å². The second kappa shape index (κ2) is 11.1. The molecule has 0 bridgehead atoms. The van der Waals surface area contributed by atoms with E-state index >= 15 is 0 Å². The average molecular weight is 482 g/mol. The van der Waals surface area contributed by atoms with E-state index in [0.29, 0.717) is 28.9 Å². The standard InChI is InChI=1S/C23H32FN3O5S/c1-14(2)21-19(11-6-15(3)12-18(28)13-20(29)30)22(16-7-9-17(24)10-8-16)26-23(25-21)27(4)33(5,31)32/h6-11,14-15,18,20,28-30H,12-13H2,1-5H3/b11-6+/t15-,18-/m1/s1. The van der Waals surface area contributed by atoms with Gasteiger partial charge in [0.25, 0.3) is 0 Å². The average Bonchev–Trinajstić information content (AvgIpc) is 2.70. The van der Waals surface area contributed by atoms with Crippen LogP contribution in [0.4, 0.5) is 10.3 Å². The molecule has 0 aliphatic heterocycles. The van der Waals surface area contributed by atoms with E-state index in [2.05, 4.69) is 9.97 Å². The molecule has 0 aliphatic rings. The number of aliphatic hydroxyl groups is 3. The van der Waals surface area contributed by atoms with Crippen molar-refractivity contribution in [2.24, 2.45) is 5.92 Å². The fourth-order valence-corrected chi connectivity index (χ4v) is 3.68. The van der Waals surface area contributed by atoms with E-state index in [-0.39, 0.29) is 24.2 Å². The van der Waals surface area contributed by atoms with Gasteiger partial charge in [-0.1, -0.05) is 32.9 Å². The molecule has 0 saturated heterocycles. The molecule has 1 heterocycles. The van der Waals surface area contributed by atoms with Crippen molar-refractivity contribution in [2.45, 2.75) is 51.9 Å². The van der Waals surface area contributed by atoms with E-state index in [1.54, 1.807) is 12.1 Å². The van der Waals surface area contributed by atoms with E-state index in [1.807, 2.05) is 32.9 Å². The largest absolute Gasteiger partial charge is 0.393 e. The molecule has 2 atom stereocenters. The summed E-state index contributed by atoms with van der Waals surface area (Å²) in [4.78, 5) is 9.02. The molecule has 1 aromatic heterocycles. The Morgan fingerprint density at radius 3 is 2.18 bits per heavy atom. The Morgan fingerprint density at radius 1 is 1.06 bits per heavy atom. The van der Waals surface area contributed by atoms with E-state index in [4.69, 9.17) is 10.2 Å². The zero-order chi connectivity index (χ0) is 24.9. The summed E-state index contributed by atoms with van der Waals surface area (Å²) in [5.74, 6) is -0.587. The number of aromatic nitrogens is 2. The van der Waals surface area contributed by atoms with Crippen molar-refractivity contribution >= 4 is 22.0 Å². The number of allylic oxidation sites excluding steroid dienone is 1. The van der Waals surface area contributed by atoms with Crippen LogP contribution in [-0.2, 0) is 10.0 Å². The minimum Gasteiger partial charge on any atom is -0.393 e. The number of rotatable bonds is 10. The monoisotopic (exact) mass is 481 g/mol. The lowest BCUT2D eigenvalue weighted by Crippen LogP contribution is -2.27. The van der Waals surface area contributed by atoms with Crippen LogP contribution in [0.25, 0.3) is 17.3 Å². The Kier molecular flexibility index (Phi) is 9.07. The molecule has 3 N–H and O–H groups in total. The van der Waals surface area contributed by atoms with Crippen molar-refractivity contribution in [2.75, 3.05) is 17.6 Å². The number of anilines is 1. The third kappa shape index (κ3) is 7.56. The molecule has 0 spiro atoms. The van der Waals surface area contributed by atoms with Gasteiger partial charge in [0.15, 0.2) is 6.29 Å². The minimum atomic E-state index is -3.60. The first-order chi connectivity index (χ1) is 15.3. The first-order valence-electron chi connectivity index (χ1n) is 10.6. The van der Waals surface area contributed by atoms with Crippen molar-refractivity contribution < 1.29 is 28.1 Å². The van der Waals surface area contributed by atoms with Gasteiger partial charge in [-0.15, -0.1) is 0 Å². The van der Waals surface area contributed by atoms with Crippen LogP contribution in [-0.4, -0.2) is 59.4 Å². The number of hydrogen-bond acceptors (Lipinski definition) is 7. The molecule has 2 aromatic rings. The summed E-state index contributed by atoms with van der Waals surface area (Å²) < 4.78 is 38.8. The van der Waals surface area contributed by atoms with Gasteiger partial charge in [0.1, 0.15) is 5.82 Å². The van der Waals surface area contributed by atoms with Gasteiger partial charge in [-0.2, -0.15) is 0 Å². The molecule has 33 heavy (non-hydrogen) atoms. The quantitative estimate of drug-likeness (QED) is 0.446. The maximum Gasteiger partial charge on any atom is 0.239 e. The molecular weight excluding hydrogens is 449 g/mol. The Morgan fingerprint density at radius 2 is 1.67 bits per heavy atom. The summed E-state index contributed by atoms with van der Waals surface area (Å²) in [7, 11) is -2.23. The van der Waals surface area contributed by atoms with Gasteiger partial charge < -0.3 is 15.3 Å². The minimum absolute atomic E-state index is 0.0121. The molecule has 0 radical (unpaired) electrons. The Bertz CT molecular complexity index is 1070. The maximum absolute atomic E-state index is 13.5. The van der Waals surface area contributed by atoms with Gasteiger partial charge in [0.2, 0.25) is 16.0 Å². The van der Waals surface area contributed by atoms with E-state index < -0.39 is 28.2 Å². The van der Waals surface area contributed by atoms with Gasteiger partial charge in [-0.25, -0.2) is 27.1 Å². The van der Waals surface area contributed by atoms with Crippen molar-refractivity contribution in [3.63, 3.8) is 0 Å². The molecule has 182 valence electrons. The maximum atomic E-state index is 13.5. The molecule has 10 heteroatoms. The van der Waals surface area contributed by atoms with Gasteiger partial charge >= 0.3 is 0 Å². The normalized spacial score (nSPS) is 14.3. The summed E-state index contributed by atoms with van der Waals surface area (Å²) in [6, 6.07) is 5.75. The van der Waals surface area contributed by atoms with Crippen LogP contribution in [0.1, 0.15) is 50.8 Å². The van der Waals surface area contributed by atoms with Crippen molar-refractivity contribution in [3.8, 4) is 11.3 Å². The first-order valence-corrected chi connectivity index (χ1v) is 12.5. The van der Waals surface area contributed by atoms with Crippen LogP contribution in [0.2, 0.25) is 0 Å². The molecule has 1 aromatic carbocycles. The van der Waals surface area contributed by atoms with Crippen molar-refractivity contribution in [1.29, 1.82) is 0 Å². The number of sulfonamides is 1. The van der Waals surface area contributed by atoms with Crippen molar-refractivity contribution in [3.05, 3.63) is 47.4 Å². The Hall–Kier alpha value is -2.40. The molecule has 0 unspecified atom stereocenters. The Balaban J connectivity index is 2.60. The second-order valence-electron chi connectivity index (χ2n) is 8.51. The zero-order valence-corrected chi connectivity index (χ0v) is 20.3. The third-order valence-electron chi connectivity index (χ3n) is 5.13. The molecule has 0 amide bonds. The molecule has 0 fully saturated rings. The van der Waals surface area contributed by atoms with Crippen molar-refractivity contribution in [1.82, 2.24) is 9.97 Å². The Labute approximate surface area is 194 Å². The summed E-state index contributed by atoms with van der Waals surface area (Å²) in [6.45, 7) is 5.73. The molecule has 2 rings (SSSR count). The number of hydrogen-bond donors (Lipinski definition) is 3. The molecular formula is C23H32FN3O5S. The highest BCUT2D eigenvalue weighted by molar-refractivity contribution is 7.92. The van der Waals surface area contributed by atoms with Gasteiger partial charge in [0.05, 0.1) is 23.7 Å². The predicted octanol–water partition coefficient (Wildman–Crippen LogP) is 2.90. The second-order valence-corrected chi connectivity index (χ2v) is 10.5. The summed E-state index contributed by atoms with van der Waals surface area (Å²) >= 11 is 0. The fraction of sp³-hybridized carbons (Fsp3) is 0.478. The van der Waals surface area contributed by atoms with E-state index in [9.17, 15) is 17.9 Å². The topological polar surface area (TPSA) is 124 Å².